The van der Waals surface area contributed by atoms with Crippen LogP contribution in [0, 0.1) is 6.92 Å². The molecule has 3 rings (SSSR count). The highest BCUT2D eigenvalue weighted by Crippen LogP contribution is 2.27. The van der Waals surface area contributed by atoms with Crippen molar-refractivity contribution in [3.63, 3.8) is 0 Å². The second-order valence-corrected chi connectivity index (χ2v) is 9.26. The van der Waals surface area contributed by atoms with Crippen molar-refractivity contribution in [2.75, 3.05) is 26.2 Å². The maximum absolute atomic E-state index is 13.1. The van der Waals surface area contributed by atoms with E-state index in [1.54, 1.807) is 27.4 Å². The molecule has 2 aliphatic heterocycles. The van der Waals surface area contributed by atoms with Crippen LogP contribution in [-0.2, 0) is 14.8 Å². The zero-order valence-corrected chi connectivity index (χ0v) is 16.6. The minimum Gasteiger partial charge on any atom is -0.375 e. The van der Waals surface area contributed by atoms with Gasteiger partial charge in [0.25, 0.3) is 5.91 Å². The van der Waals surface area contributed by atoms with Crippen LogP contribution in [0.1, 0.15) is 49.0 Å². The van der Waals surface area contributed by atoms with Crippen LogP contribution in [0.4, 0.5) is 0 Å². The van der Waals surface area contributed by atoms with Crippen molar-refractivity contribution < 1.29 is 17.9 Å². The van der Waals surface area contributed by atoms with E-state index in [0.717, 1.165) is 24.8 Å². The summed E-state index contributed by atoms with van der Waals surface area (Å²) in [5.74, 6) is -0.124. The molecule has 2 heterocycles. The van der Waals surface area contributed by atoms with Crippen molar-refractivity contribution in [3.05, 3.63) is 29.3 Å². The van der Waals surface area contributed by atoms with E-state index in [1.165, 1.54) is 0 Å². The predicted octanol–water partition coefficient (Wildman–Crippen LogP) is 2.42. The fourth-order valence-corrected chi connectivity index (χ4v) is 5.46. The molecule has 1 amide bonds. The maximum atomic E-state index is 13.1. The third-order valence-electron chi connectivity index (χ3n) is 5.32. The van der Waals surface area contributed by atoms with Crippen molar-refractivity contribution in [2.45, 2.75) is 57.1 Å². The Morgan fingerprint density at radius 3 is 2.65 bits per heavy atom. The topological polar surface area (TPSA) is 66.9 Å². The van der Waals surface area contributed by atoms with Crippen LogP contribution in [0.2, 0.25) is 0 Å². The van der Waals surface area contributed by atoms with Gasteiger partial charge in [-0.2, -0.15) is 4.31 Å². The first-order valence-corrected chi connectivity index (χ1v) is 10.8. The van der Waals surface area contributed by atoms with Gasteiger partial charge in [0.05, 0.1) is 17.6 Å². The summed E-state index contributed by atoms with van der Waals surface area (Å²) in [6, 6.07) is 4.90. The molecule has 2 unspecified atom stereocenters. The Labute approximate surface area is 156 Å². The lowest BCUT2D eigenvalue weighted by Crippen LogP contribution is -2.45. The quantitative estimate of drug-likeness (QED) is 0.808. The van der Waals surface area contributed by atoms with Gasteiger partial charge in [-0.25, -0.2) is 8.42 Å². The van der Waals surface area contributed by atoms with Gasteiger partial charge in [-0.15, -0.1) is 0 Å². The molecule has 0 bridgehead atoms. The number of rotatable bonds is 3. The molecule has 2 saturated heterocycles. The average Bonchev–Trinajstić information content (AvgIpc) is 2.61. The van der Waals surface area contributed by atoms with E-state index in [4.69, 9.17) is 4.74 Å². The van der Waals surface area contributed by atoms with Gasteiger partial charge in [0.2, 0.25) is 10.0 Å². The lowest BCUT2D eigenvalue weighted by Gasteiger charge is -2.33. The summed E-state index contributed by atoms with van der Waals surface area (Å²) >= 11 is 0. The smallest absolute Gasteiger partial charge is 0.254 e. The first-order valence-electron chi connectivity index (χ1n) is 9.34. The molecule has 2 atom stereocenters. The Morgan fingerprint density at radius 1 is 1.19 bits per heavy atom. The average molecular weight is 381 g/mol. The molecule has 0 aromatic heterocycles. The molecule has 26 heavy (non-hydrogen) atoms. The van der Waals surface area contributed by atoms with E-state index < -0.39 is 10.0 Å². The lowest BCUT2D eigenvalue weighted by atomic mass is 10.1. The summed E-state index contributed by atoms with van der Waals surface area (Å²) in [6.45, 7) is 7.84. The fourth-order valence-electron chi connectivity index (χ4n) is 3.73. The predicted molar refractivity (Wildman–Crippen MR) is 99.7 cm³/mol. The number of sulfonamides is 1. The number of morpholine rings is 1. The molecule has 6 nitrogen and oxygen atoms in total. The second kappa shape index (κ2) is 7.66. The van der Waals surface area contributed by atoms with Crippen LogP contribution < -0.4 is 0 Å². The normalized spacial score (nSPS) is 25.3. The minimum absolute atomic E-state index is 0.00528. The third-order valence-corrected chi connectivity index (χ3v) is 7.33. The molecule has 0 aliphatic carbocycles. The fraction of sp³-hybridized carbons (Fsp3) is 0.632. The summed E-state index contributed by atoms with van der Waals surface area (Å²) in [5, 5.41) is 0. The highest BCUT2D eigenvalue weighted by Gasteiger charge is 2.32. The number of carbonyl (C=O) groups excluding carboxylic acids is 1. The molecule has 2 fully saturated rings. The number of ether oxygens (including phenoxy) is 1. The number of hydrogen-bond acceptors (Lipinski definition) is 4. The molecule has 2 aliphatic rings. The third kappa shape index (κ3) is 3.80. The maximum Gasteiger partial charge on any atom is 0.254 e. The van der Waals surface area contributed by atoms with Gasteiger partial charge in [0, 0.05) is 31.2 Å². The standard InChI is InChI=1S/C19H28N2O4S/c1-14-7-8-17(26(23,24)21-9-5-4-6-15(21)2)12-18(14)19(22)20-10-11-25-16(3)13-20/h7-8,12,15-16H,4-6,9-11,13H2,1-3H3. The molecular weight excluding hydrogens is 352 g/mol. The lowest BCUT2D eigenvalue weighted by molar-refractivity contribution is -0.0124. The Bertz CT molecular complexity index is 778. The number of nitrogens with zero attached hydrogens (tertiary/aromatic N) is 2. The molecule has 7 heteroatoms. The molecule has 0 radical (unpaired) electrons. The van der Waals surface area contributed by atoms with Crippen molar-refractivity contribution in [1.29, 1.82) is 0 Å². The number of benzene rings is 1. The van der Waals surface area contributed by atoms with Crippen molar-refractivity contribution in [2.24, 2.45) is 0 Å². The summed E-state index contributed by atoms with van der Waals surface area (Å²) in [7, 11) is -3.59. The molecular formula is C19H28N2O4S. The van der Waals surface area contributed by atoms with Crippen LogP contribution in [-0.4, -0.2) is 61.9 Å². The van der Waals surface area contributed by atoms with Gasteiger partial charge in [-0.1, -0.05) is 12.5 Å². The van der Waals surface area contributed by atoms with Gasteiger partial charge in [0.15, 0.2) is 0 Å². The van der Waals surface area contributed by atoms with E-state index in [9.17, 15) is 13.2 Å². The minimum atomic E-state index is -3.59. The Balaban J connectivity index is 1.91. The Kier molecular flexibility index (Phi) is 5.69. The van der Waals surface area contributed by atoms with Gasteiger partial charge < -0.3 is 9.64 Å². The molecule has 0 saturated carbocycles. The largest absolute Gasteiger partial charge is 0.375 e. The summed E-state index contributed by atoms with van der Waals surface area (Å²) < 4.78 is 33.3. The van der Waals surface area contributed by atoms with Crippen LogP contribution in [0.15, 0.2) is 23.1 Å². The van der Waals surface area contributed by atoms with E-state index in [-0.39, 0.29) is 22.9 Å². The van der Waals surface area contributed by atoms with E-state index in [1.807, 2.05) is 20.8 Å². The van der Waals surface area contributed by atoms with Crippen molar-refractivity contribution in [1.82, 2.24) is 9.21 Å². The number of piperidine rings is 1. The van der Waals surface area contributed by atoms with Crippen LogP contribution in [0.25, 0.3) is 0 Å². The first kappa shape index (κ1) is 19.3. The van der Waals surface area contributed by atoms with Gasteiger partial charge in [0.1, 0.15) is 0 Å². The molecule has 1 aromatic rings. The second-order valence-electron chi connectivity index (χ2n) is 7.37. The zero-order valence-electron chi connectivity index (χ0n) is 15.8. The summed E-state index contributed by atoms with van der Waals surface area (Å²) in [6.07, 6.45) is 2.81. The van der Waals surface area contributed by atoms with E-state index >= 15 is 0 Å². The highest BCUT2D eigenvalue weighted by molar-refractivity contribution is 7.89. The Morgan fingerprint density at radius 2 is 1.96 bits per heavy atom. The molecule has 0 spiro atoms. The highest BCUT2D eigenvalue weighted by atomic mass is 32.2. The first-order chi connectivity index (χ1) is 12.3. The zero-order chi connectivity index (χ0) is 18.9. The number of aryl methyl sites for hydroxylation is 1. The number of carbonyl (C=O) groups is 1. The van der Waals surface area contributed by atoms with Crippen LogP contribution >= 0.6 is 0 Å². The summed E-state index contributed by atoms with van der Waals surface area (Å²) in [4.78, 5) is 14.9. The summed E-state index contributed by atoms with van der Waals surface area (Å²) in [5.41, 5.74) is 1.25. The van der Waals surface area contributed by atoms with Gasteiger partial charge >= 0.3 is 0 Å². The molecule has 0 N–H and O–H groups in total. The van der Waals surface area contributed by atoms with Crippen LogP contribution in [0.5, 0.6) is 0 Å². The Hall–Kier alpha value is -1.44. The molecule has 1 aromatic carbocycles. The van der Waals surface area contributed by atoms with Crippen molar-refractivity contribution >= 4 is 15.9 Å². The number of amides is 1. The van der Waals surface area contributed by atoms with E-state index in [2.05, 4.69) is 0 Å². The SMILES string of the molecule is Cc1ccc(S(=O)(=O)N2CCCCC2C)cc1C(=O)N1CCOC(C)C1. The van der Waals surface area contributed by atoms with E-state index in [0.29, 0.717) is 31.8 Å². The van der Waals surface area contributed by atoms with Gasteiger partial charge in [-0.05, 0) is 51.3 Å². The van der Waals surface area contributed by atoms with Crippen molar-refractivity contribution in [3.8, 4) is 0 Å². The van der Waals surface area contributed by atoms with Crippen LogP contribution in [0.3, 0.4) is 0 Å². The monoisotopic (exact) mass is 380 g/mol. The number of hydrogen-bond donors (Lipinski definition) is 0. The molecule has 144 valence electrons. The van der Waals surface area contributed by atoms with Gasteiger partial charge in [-0.3, -0.25) is 4.79 Å².